The second-order valence-electron chi connectivity index (χ2n) is 4.09. The number of hydrazine groups is 1. The van der Waals surface area contributed by atoms with Crippen LogP contribution in [-0.4, -0.2) is 20.2 Å². The lowest BCUT2D eigenvalue weighted by molar-refractivity contribution is 1.00. The summed E-state index contributed by atoms with van der Waals surface area (Å²) in [5, 5.41) is 8.82. The minimum Gasteiger partial charge on any atom is -0.308 e. The van der Waals surface area contributed by atoms with Gasteiger partial charge in [0.1, 0.15) is 16.2 Å². The lowest BCUT2D eigenvalue weighted by atomic mass is 10.2. The Morgan fingerprint density at radius 2 is 2.20 bits per heavy atom. The summed E-state index contributed by atoms with van der Waals surface area (Å²) in [6.45, 7) is 4.14. The van der Waals surface area contributed by atoms with Gasteiger partial charge in [0.25, 0.3) is 0 Å². The molecule has 0 amide bonds. The third-order valence-corrected chi connectivity index (χ3v) is 5.83. The first-order valence-corrected chi connectivity index (χ1v) is 8.49. The Kier molecular flexibility index (Phi) is 3.83. The van der Waals surface area contributed by atoms with Crippen molar-refractivity contribution in [3.05, 3.63) is 21.8 Å². The van der Waals surface area contributed by atoms with Gasteiger partial charge in [-0.1, -0.05) is 23.1 Å². The van der Waals surface area contributed by atoms with Crippen molar-refractivity contribution in [2.45, 2.75) is 23.9 Å². The molecule has 3 heterocycles. The van der Waals surface area contributed by atoms with E-state index in [2.05, 4.69) is 39.4 Å². The highest BCUT2D eigenvalue weighted by atomic mass is 32.2. The molecule has 20 heavy (non-hydrogen) atoms. The molecule has 0 aliphatic carbocycles. The van der Waals surface area contributed by atoms with E-state index in [1.165, 1.54) is 21.8 Å². The maximum atomic E-state index is 5.59. The quantitative estimate of drug-likeness (QED) is 0.433. The Morgan fingerprint density at radius 1 is 1.35 bits per heavy atom. The second-order valence-corrected chi connectivity index (χ2v) is 7.35. The molecule has 0 saturated carbocycles. The van der Waals surface area contributed by atoms with Gasteiger partial charge in [0.05, 0.1) is 11.1 Å². The number of fused-ring (bicyclic) bond motifs is 1. The summed E-state index contributed by atoms with van der Waals surface area (Å²) in [6, 6.07) is 0. The number of hydrogen-bond acceptors (Lipinski definition) is 9. The van der Waals surface area contributed by atoms with E-state index in [0.717, 1.165) is 20.4 Å². The van der Waals surface area contributed by atoms with Crippen LogP contribution in [0.1, 0.15) is 16.3 Å². The van der Waals surface area contributed by atoms with E-state index >= 15 is 0 Å². The number of anilines is 1. The monoisotopic (exact) mass is 324 g/mol. The predicted octanol–water partition coefficient (Wildman–Crippen LogP) is 2.74. The highest BCUT2D eigenvalue weighted by Crippen LogP contribution is 2.33. The zero-order valence-electron chi connectivity index (χ0n) is 10.9. The lowest BCUT2D eigenvalue weighted by Gasteiger charge is -2.05. The van der Waals surface area contributed by atoms with Crippen LogP contribution in [0.25, 0.3) is 10.2 Å². The van der Waals surface area contributed by atoms with Crippen LogP contribution >= 0.6 is 34.4 Å². The van der Waals surface area contributed by atoms with Gasteiger partial charge in [-0.15, -0.1) is 21.5 Å². The lowest BCUT2D eigenvalue weighted by Crippen LogP contribution is -2.10. The SMILES string of the molecule is Cc1sc2nc(CSc3nncs3)nc(NN)c2c1C. The molecule has 0 aliphatic heterocycles. The summed E-state index contributed by atoms with van der Waals surface area (Å²) in [7, 11) is 0. The van der Waals surface area contributed by atoms with E-state index in [9.17, 15) is 0 Å². The summed E-state index contributed by atoms with van der Waals surface area (Å²) in [5.74, 6) is 7.67. The molecule has 0 radical (unpaired) electrons. The molecule has 0 atom stereocenters. The van der Waals surface area contributed by atoms with Gasteiger partial charge in [0.2, 0.25) is 0 Å². The standard InChI is InChI=1S/C11H12N6S3/c1-5-6(2)20-10-8(5)9(16-12)14-7(15-10)3-18-11-17-13-4-19-11/h4H,3,12H2,1-2H3,(H,14,15,16). The van der Waals surface area contributed by atoms with Gasteiger partial charge in [-0.05, 0) is 19.4 Å². The first-order chi connectivity index (χ1) is 9.69. The Labute approximate surface area is 127 Å². The van der Waals surface area contributed by atoms with E-state index in [1.54, 1.807) is 28.6 Å². The van der Waals surface area contributed by atoms with Crippen LogP contribution in [0.5, 0.6) is 0 Å². The molecule has 0 aromatic carbocycles. The fourth-order valence-electron chi connectivity index (χ4n) is 1.81. The van der Waals surface area contributed by atoms with Gasteiger partial charge in [-0.2, -0.15) is 0 Å². The van der Waals surface area contributed by atoms with Gasteiger partial charge in [-0.3, -0.25) is 0 Å². The van der Waals surface area contributed by atoms with E-state index in [4.69, 9.17) is 5.84 Å². The maximum Gasteiger partial charge on any atom is 0.174 e. The normalized spacial score (nSPS) is 11.2. The summed E-state index contributed by atoms with van der Waals surface area (Å²) in [4.78, 5) is 11.3. The van der Waals surface area contributed by atoms with E-state index in [0.29, 0.717) is 11.6 Å². The van der Waals surface area contributed by atoms with Crippen molar-refractivity contribution in [1.82, 2.24) is 20.2 Å². The number of rotatable bonds is 4. The van der Waals surface area contributed by atoms with Crippen LogP contribution in [0.15, 0.2) is 9.85 Å². The number of thiophene rings is 1. The van der Waals surface area contributed by atoms with Gasteiger partial charge in [0, 0.05) is 4.88 Å². The average molecular weight is 324 g/mol. The van der Waals surface area contributed by atoms with Gasteiger partial charge in [-0.25, -0.2) is 15.8 Å². The topological polar surface area (TPSA) is 89.6 Å². The second kappa shape index (κ2) is 5.60. The number of aryl methyl sites for hydroxylation is 2. The molecular weight excluding hydrogens is 312 g/mol. The number of nitrogens with one attached hydrogen (secondary N) is 1. The fourth-order valence-corrected chi connectivity index (χ4v) is 4.21. The number of hydrogen-bond donors (Lipinski definition) is 2. The third-order valence-electron chi connectivity index (χ3n) is 2.88. The highest BCUT2D eigenvalue weighted by Gasteiger charge is 2.14. The van der Waals surface area contributed by atoms with E-state index < -0.39 is 0 Å². The summed E-state index contributed by atoms with van der Waals surface area (Å²) in [5.41, 5.74) is 5.57. The van der Waals surface area contributed by atoms with Crippen molar-refractivity contribution in [3.63, 3.8) is 0 Å². The Balaban J connectivity index is 1.96. The molecule has 3 aromatic heterocycles. The first kappa shape index (κ1) is 13.7. The Morgan fingerprint density at radius 3 is 2.90 bits per heavy atom. The van der Waals surface area contributed by atoms with E-state index in [-0.39, 0.29) is 0 Å². The Hall–Kier alpha value is -1.29. The minimum atomic E-state index is 0.649. The van der Waals surface area contributed by atoms with Crippen molar-refractivity contribution < 1.29 is 0 Å². The molecule has 6 nitrogen and oxygen atoms in total. The molecule has 0 unspecified atom stereocenters. The van der Waals surface area contributed by atoms with Crippen molar-refractivity contribution in [1.29, 1.82) is 0 Å². The summed E-state index contributed by atoms with van der Waals surface area (Å²) < 4.78 is 0.912. The summed E-state index contributed by atoms with van der Waals surface area (Å²) >= 11 is 4.75. The molecule has 3 N–H and O–H groups in total. The zero-order valence-corrected chi connectivity index (χ0v) is 13.3. The molecule has 3 aromatic rings. The first-order valence-electron chi connectivity index (χ1n) is 5.81. The number of aromatic nitrogens is 4. The molecule has 104 valence electrons. The van der Waals surface area contributed by atoms with Gasteiger partial charge >= 0.3 is 0 Å². The van der Waals surface area contributed by atoms with Gasteiger partial charge < -0.3 is 5.43 Å². The molecular formula is C11H12N6S3. The van der Waals surface area contributed by atoms with Crippen LogP contribution in [0.2, 0.25) is 0 Å². The summed E-state index contributed by atoms with van der Waals surface area (Å²) in [6.07, 6.45) is 0. The fraction of sp³-hybridized carbons (Fsp3) is 0.273. The van der Waals surface area contributed by atoms with Gasteiger partial charge in [0.15, 0.2) is 10.2 Å². The van der Waals surface area contributed by atoms with Crippen molar-refractivity contribution in [2.75, 3.05) is 5.43 Å². The minimum absolute atomic E-state index is 0.649. The number of thioether (sulfide) groups is 1. The largest absolute Gasteiger partial charge is 0.308 e. The van der Waals surface area contributed by atoms with Crippen LogP contribution in [0.4, 0.5) is 5.82 Å². The van der Waals surface area contributed by atoms with E-state index in [1.807, 2.05) is 0 Å². The van der Waals surface area contributed by atoms with Crippen LogP contribution in [0.3, 0.4) is 0 Å². The highest BCUT2D eigenvalue weighted by molar-refractivity contribution is 8.00. The van der Waals surface area contributed by atoms with Crippen LogP contribution in [-0.2, 0) is 5.75 Å². The number of nitrogens with zero attached hydrogens (tertiary/aromatic N) is 4. The van der Waals surface area contributed by atoms with Crippen molar-refractivity contribution in [2.24, 2.45) is 5.84 Å². The van der Waals surface area contributed by atoms with Crippen molar-refractivity contribution >= 4 is 50.5 Å². The zero-order chi connectivity index (χ0) is 14.1. The molecule has 0 saturated heterocycles. The molecule has 0 aliphatic rings. The molecule has 0 bridgehead atoms. The third kappa shape index (κ3) is 2.49. The average Bonchev–Trinajstić information content (AvgIpc) is 3.05. The Bertz CT molecular complexity index is 736. The van der Waals surface area contributed by atoms with Crippen molar-refractivity contribution in [3.8, 4) is 0 Å². The van der Waals surface area contributed by atoms with Crippen LogP contribution in [0, 0.1) is 13.8 Å². The molecule has 0 fully saturated rings. The predicted molar refractivity (Wildman–Crippen MR) is 84.2 cm³/mol. The number of nitrogen functional groups attached to an aromatic ring is 1. The maximum absolute atomic E-state index is 5.59. The molecule has 9 heteroatoms. The number of nitrogens with two attached hydrogens (primary N) is 1. The van der Waals surface area contributed by atoms with Crippen LogP contribution < -0.4 is 11.3 Å². The molecule has 0 spiro atoms. The molecule has 3 rings (SSSR count). The smallest absolute Gasteiger partial charge is 0.174 e.